The maximum Gasteiger partial charge on any atom is 0.106 e. The largest absolute Gasteiger partial charge is 0.307 e. The van der Waals surface area contributed by atoms with Crippen LogP contribution >= 0.6 is 0 Å². The van der Waals surface area contributed by atoms with Gasteiger partial charge in [0.05, 0.1) is 18.2 Å². The molecule has 0 atom stereocenters. The number of hydrogen-bond acceptors (Lipinski definition) is 6. The Hall–Kier alpha value is -1.83. The van der Waals surface area contributed by atoms with Crippen LogP contribution < -0.4 is 0 Å². The van der Waals surface area contributed by atoms with Gasteiger partial charge in [-0.25, -0.2) is 0 Å². The summed E-state index contributed by atoms with van der Waals surface area (Å²) in [4.78, 5) is 24.0. The van der Waals surface area contributed by atoms with Crippen molar-refractivity contribution < 1.29 is 35.4 Å². The number of carbonyl (C=O) groups excluding carboxylic acids is 3. The first kappa shape index (κ1) is 43.4. The van der Waals surface area contributed by atoms with E-state index in [1.807, 2.05) is 59.3 Å². The molecule has 0 aliphatic carbocycles. The van der Waals surface area contributed by atoms with E-state index in [1.165, 1.54) is 0 Å². The third-order valence-corrected chi connectivity index (χ3v) is 0.474. The van der Waals surface area contributed by atoms with Crippen LogP contribution in [0.5, 0.6) is 0 Å². The minimum Gasteiger partial charge on any atom is -0.307 e. The number of nitrogens with zero attached hydrogens (tertiary/aromatic N) is 3. The van der Waals surface area contributed by atoms with Gasteiger partial charge in [0, 0.05) is 40.3 Å². The van der Waals surface area contributed by atoms with Crippen LogP contribution in [0.4, 0.5) is 0 Å². The van der Waals surface area contributed by atoms with Crippen molar-refractivity contribution in [3.8, 4) is 18.2 Å². The topological polar surface area (TPSA) is 123 Å². The molecule has 0 spiro atoms. The van der Waals surface area contributed by atoms with Gasteiger partial charge in [0.25, 0.3) is 0 Å². The van der Waals surface area contributed by atoms with E-state index < -0.39 is 0 Å². The second-order valence-corrected chi connectivity index (χ2v) is 1.54. The molecule has 0 aliphatic heterocycles. The number of rotatable bonds is 0. The Kier molecular flexibility index (Phi) is 489. The zero-order valence-electron chi connectivity index (χ0n) is 11.7. The zero-order chi connectivity index (χ0) is 16.2. The maximum atomic E-state index is 8.00. The van der Waals surface area contributed by atoms with Crippen molar-refractivity contribution in [1.82, 2.24) is 0 Å². The van der Waals surface area contributed by atoms with Crippen molar-refractivity contribution in [2.24, 2.45) is 0 Å². The number of hydrogen-bond donors (Lipinski definition) is 0. The van der Waals surface area contributed by atoms with Crippen LogP contribution in [0.2, 0.25) is 0 Å². The van der Waals surface area contributed by atoms with E-state index in [2.05, 4.69) is 0 Å². The van der Waals surface area contributed by atoms with Crippen LogP contribution in [-0.2, 0) is 35.4 Å². The van der Waals surface area contributed by atoms with E-state index in [0.717, 1.165) is 0 Å². The molecule has 0 saturated heterocycles. The van der Waals surface area contributed by atoms with E-state index in [1.54, 1.807) is 0 Å². The van der Waals surface area contributed by atoms with Gasteiger partial charge in [0.1, 0.15) is 20.4 Å². The number of nitriles is 3. The molecule has 0 radical (unpaired) electrons. The van der Waals surface area contributed by atoms with Crippen molar-refractivity contribution in [2.75, 3.05) is 0 Å². The van der Waals surface area contributed by atoms with Gasteiger partial charge < -0.3 is 14.4 Å². The standard InChI is InChI=1S/3C3H5N.3CH2O.Mo/c3*1-2-3-4;3*1-2;/h3*2H2,1H3;3*1H2;. The Balaban J connectivity index is -0.0000000186. The van der Waals surface area contributed by atoms with Crippen LogP contribution in [0.1, 0.15) is 40.0 Å². The summed E-state index contributed by atoms with van der Waals surface area (Å²) < 4.78 is 0. The Bertz CT molecular complexity index is 182. The van der Waals surface area contributed by atoms with Crippen LogP contribution in [0, 0.1) is 34.0 Å². The first-order valence-corrected chi connectivity index (χ1v) is 4.72. The minimum atomic E-state index is 0. The molecule has 108 valence electrons. The normalized spacial score (nSPS) is 3.79. The number of carbonyl (C=O) groups is 3. The van der Waals surface area contributed by atoms with E-state index in [9.17, 15) is 0 Å². The molecule has 0 aromatic carbocycles. The smallest absolute Gasteiger partial charge is 0.106 e. The van der Waals surface area contributed by atoms with Gasteiger partial charge >= 0.3 is 0 Å². The van der Waals surface area contributed by atoms with Gasteiger partial charge in [0.2, 0.25) is 0 Å². The molecule has 0 bridgehead atoms. The van der Waals surface area contributed by atoms with Crippen molar-refractivity contribution >= 4 is 20.4 Å². The van der Waals surface area contributed by atoms with Crippen molar-refractivity contribution in [1.29, 1.82) is 15.8 Å². The Labute approximate surface area is 130 Å². The minimum absolute atomic E-state index is 0. The quantitative estimate of drug-likeness (QED) is 0.617. The molecule has 0 saturated carbocycles. The summed E-state index contributed by atoms with van der Waals surface area (Å²) in [5.41, 5.74) is 0. The predicted octanol–water partition coefficient (Wildman–Crippen LogP) is 2.20. The molecular formula is C12H21MoN3O3. The Morgan fingerprint density at radius 3 is 0.684 bits per heavy atom. The average molecular weight is 351 g/mol. The second kappa shape index (κ2) is 214. The van der Waals surface area contributed by atoms with Gasteiger partial charge in [-0.05, 0) is 0 Å². The summed E-state index contributed by atoms with van der Waals surface area (Å²) in [6, 6.07) is 5.79. The van der Waals surface area contributed by atoms with E-state index >= 15 is 0 Å². The molecule has 0 aliphatic rings. The average Bonchev–Trinajstić information content (AvgIpc) is 2.53. The molecular weight excluding hydrogens is 330 g/mol. The van der Waals surface area contributed by atoms with Crippen LogP contribution in [0.25, 0.3) is 0 Å². The third kappa shape index (κ3) is 2380. The predicted molar refractivity (Wildman–Crippen MR) is 69.1 cm³/mol. The first-order chi connectivity index (χ1) is 8.74. The van der Waals surface area contributed by atoms with E-state index in [4.69, 9.17) is 30.2 Å². The summed E-state index contributed by atoms with van der Waals surface area (Å²) in [7, 11) is 0. The fourth-order valence-corrected chi connectivity index (χ4v) is 0. The SMILES string of the molecule is C=O.C=O.C=O.CCC#N.CCC#N.CCC#N.[Mo]. The maximum absolute atomic E-state index is 8.00. The Morgan fingerprint density at radius 1 is 0.632 bits per heavy atom. The van der Waals surface area contributed by atoms with Gasteiger partial charge in [-0.15, -0.1) is 0 Å². The summed E-state index contributed by atoms with van der Waals surface area (Å²) in [5, 5.41) is 22.9. The van der Waals surface area contributed by atoms with Crippen molar-refractivity contribution in [2.45, 2.75) is 40.0 Å². The summed E-state index contributed by atoms with van der Waals surface area (Å²) >= 11 is 0. The molecule has 0 fully saturated rings. The monoisotopic (exact) mass is 353 g/mol. The van der Waals surface area contributed by atoms with Gasteiger partial charge in [-0.1, -0.05) is 20.8 Å². The molecule has 0 aromatic rings. The summed E-state index contributed by atoms with van der Waals surface area (Å²) in [5.74, 6) is 0. The van der Waals surface area contributed by atoms with Crippen LogP contribution in [0.15, 0.2) is 0 Å². The van der Waals surface area contributed by atoms with E-state index in [0.29, 0.717) is 19.3 Å². The molecule has 0 N–H and O–H groups in total. The molecule has 0 amide bonds. The fourth-order valence-electron chi connectivity index (χ4n) is 0. The molecule has 0 unspecified atom stereocenters. The second-order valence-electron chi connectivity index (χ2n) is 1.54. The van der Waals surface area contributed by atoms with Gasteiger partial charge in [-0.2, -0.15) is 15.8 Å². The first-order valence-electron chi connectivity index (χ1n) is 4.72. The molecule has 0 heterocycles. The zero-order valence-corrected chi connectivity index (χ0v) is 13.7. The van der Waals surface area contributed by atoms with Gasteiger partial charge in [0.15, 0.2) is 0 Å². The fraction of sp³-hybridized carbons (Fsp3) is 0.500. The van der Waals surface area contributed by atoms with Crippen LogP contribution in [-0.4, -0.2) is 20.4 Å². The van der Waals surface area contributed by atoms with Crippen molar-refractivity contribution in [3.63, 3.8) is 0 Å². The summed E-state index contributed by atoms with van der Waals surface area (Å²) in [6.07, 6.45) is 1.88. The molecule has 0 aromatic heterocycles. The van der Waals surface area contributed by atoms with E-state index in [-0.39, 0.29) is 21.1 Å². The molecule has 19 heavy (non-hydrogen) atoms. The molecule has 0 rings (SSSR count). The molecule has 6 nitrogen and oxygen atoms in total. The van der Waals surface area contributed by atoms with Crippen LogP contribution in [0.3, 0.4) is 0 Å². The van der Waals surface area contributed by atoms with Gasteiger partial charge in [-0.3, -0.25) is 0 Å². The Morgan fingerprint density at radius 2 is 0.684 bits per heavy atom. The summed E-state index contributed by atoms with van der Waals surface area (Å²) in [6.45, 7) is 11.5. The molecule has 7 heteroatoms. The third-order valence-electron chi connectivity index (χ3n) is 0.474. The van der Waals surface area contributed by atoms with Crippen molar-refractivity contribution in [3.05, 3.63) is 0 Å².